The lowest BCUT2D eigenvalue weighted by molar-refractivity contribution is -0.143. The predicted molar refractivity (Wildman–Crippen MR) is 114 cm³/mol. The summed E-state index contributed by atoms with van der Waals surface area (Å²) in [6.07, 6.45) is -9.29. The zero-order valence-corrected chi connectivity index (χ0v) is 18.2. The summed E-state index contributed by atoms with van der Waals surface area (Å²) in [6.45, 7) is 0. The molecule has 178 valence electrons. The van der Waals surface area contributed by atoms with E-state index in [-0.39, 0.29) is 18.2 Å². The molecule has 1 amide bonds. The molecule has 4 nitrogen and oxygen atoms in total. The van der Waals surface area contributed by atoms with Crippen molar-refractivity contribution < 1.29 is 41.0 Å². The molecule has 0 bridgehead atoms. The molecule has 1 heterocycles. The van der Waals surface area contributed by atoms with Gasteiger partial charge in [0.15, 0.2) is 0 Å². The van der Waals surface area contributed by atoms with Crippen LogP contribution in [0.1, 0.15) is 26.4 Å². The Labute approximate surface area is 197 Å². The summed E-state index contributed by atoms with van der Waals surface area (Å²) in [6, 6.07) is 10.3. The number of nitrogens with one attached hydrogen (secondary N) is 1. The Morgan fingerprint density at radius 3 is 2.03 bits per heavy atom. The van der Waals surface area contributed by atoms with Crippen molar-refractivity contribution in [3.63, 3.8) is 0 Å². The number of amides is 1. The van der Waals surface area contributed by atoms with Crippen molar-refractivity contribution in [3.8, 4) is 10.4 Å². The molecule has 0 radical (unpaired) electrons. The first-order valence-corrected chi connectivity index (χ1v) is 10.4. The Balaban J connectivity index is 1.94. The predicted octanol–water partition coefficient (Wildman–Crippen LogP) is 6.96. The SMILES string of the molecule is O=C(O)/C(=C/c1ccc(-c2ccccc2Cl)s1)NC(=O)c1cc(C(F)(F)F)cc(C(F)(F)F)c1. The van der Waals surface area contributed by atoms with E-state index in [1.54, 1.807) is 30.3 Å². The molecule has 0 aliphatic heterocycles. The summed E-state index contributed by atoms with van der Waals surface area (Å²) in [7, 11) is 0. The van der Waals surface area contributed by atoms with Gasteiger partial charge in [-0.05, 0) is 42.5 Å². The second-order valence-corrected chi connectivity index (χ2v) is 8.32. The zero-order valence-electron chi connectivity index (χ0n) is 16.6. The molecule has 0 saturated carbocycles. The number of carbonyl (C=O) groups is 2. The summed E-state index contributed by atoms with van der Waals surface area (Å²) in [5, 5.41) is 11.7. The van der Waals surface area contributed by atoms with Crippen LogP contribution in [0, 0.1) is 0 Å². The van der Waals surface area contributed by atoms with Crippen LogP contribution in [-0.4, -0.2) is 17.0 Å². The van der Waals surface area contributed by atoms with Crippen molar-refractivity contribution in [1.82, 2.24) is 5.32 Å². The van der Waals surface area contributed by atoms with Gasteiger partial charge in [-0.1, -0.05) is 29.8 Å². The number of aliphatic carboxylic acids is 1. The molecule has 34 heavy (non-hydrogen) atoms. The van der Waals surface area contributed by atoms with E-state index in [1.807, 2.05) is 5.32 Å². The number of carbonyl (C=O) groups excluding carboxylic acids is 1. The number of alkyl halides is 6. The third-order valence-corrected chi connectivity index (χ3v) is 5.78. The fourth-order valence-corrected chi connectivity index (χ4v) is 4.09. The number of halogens is 7. The number of rotatable bonds is 5. The van der Waals surface area contributed by atoms with Crippen LogP contribution >= 0.6 is 22.9 Å². The molecule has 0 unspecified atom stereocenters. The van der Waals surface area contributed by atoms with Crippen molar-refractivity contribution in [2.45, 2.75) is 12.4 Å². The van der Waals surface area contributed by atoms with Crippen molar-refractivity contribution in [1.29, 1.82) is 0 Å². The summed E-state index contributed by atoms with van der Waals surface area (Å²) < 4.78 is 78.2. The van der Waals surface area contributed by atoms with Crippen molar-refractivity contribution in [2.24, 2.45) is 0 Å². The number of hydrogen-bond acceptors (Lipinski definition) is 3. The van der Waals surface area contributed by atoms with Gasteiger partial charge in [0.25, 0.3) is 5.91 Å². The lowest BCUT2D eigenvalue weighted by Crippen LogP contribution is -2.28. The van der Waals surface area contributed by atoms with Gasteiger partial charge in [0.1, 0.15) is 5.70 Å². The summed E-state index contributed by atoms with van der Waals surface area (Å²) in [5.41, 5.74) is -4.48. The molecule has 1 aromatic heterocycles. The van der Waals surface area contributed by atoms with Gasteiger partial charge >= 0.3 is 18.3 Å². The molecular formula is C22H12ClF6NO3S. The molecule has 2 aromatic carbocycles. The Morgan fingerprint density at radius 2 is 1.50 bits per heavy atom. The second kappa shape index (κ2) is 9.51. The highest BCUT2D eigenvalue weighted by molar-refractivity contribution is 7.16. The Hall–Kier alpha value is -3.31. The molecule has 3 aromatic rings. The van der Waals surface area contributed by atoms with Gasteiger partial charge in [-0.25, -0.2) is 4.79 Å². The van der Waals surface area contributed by atoms with Crippen LogP contribution in [-0.2, 0) is 17.1 Å². The third-order valence-electron chi connectivity index (χ3n) is 4.38. The Kier molecular flexibility index (Phi) is 7.08. The highest BCUT2D eigenvalue weighted by atomic mass is 35.5. The second-order valence-electron chi connectivity index (χ2n) is 6.79. The van der Waals surface area contributed by atoms with Gasteiger partial charge in [-0.2, -0.15) is 26.3 Å². The average molecular weight is 520 g/mol. The summed E-state index contributed by atoms with van der Waals surface area (Å²) in [5.74, 6) is -3.10. The van der Waals surface area contributed by atoms with E-state index in [0.29, 0.717) is 20.3 Å². The minimum atomic E-state index is -5.16. The van der Waals surface area contributed by atoms with Crippen LogP contribution in [0.2, 0.25) is 5.02 Å². The first-order chi connectivity index (χ1) is 15.8. The van der Waals surface area contributed by atoms with Gasteiger partial charge in [-0.3, -0.25) is 4.79 Å². The molecule has 0 aliphatic rings. The fourth-order valence-electron chi connectivity index (χ4n) is 2.81. The molecule has 2 N–H and O–H groups in total. The highest BCUT2D eigenvalue weighted by Crippen LogP contribution is 2.37. The maximum Gasteiger partial charge on any atom is 0.416 e. The smallest absolute Gasteiger partial charge is 0.416 e. The van der Waals surface area contributed by atoms with E-state index >= 15 is 0 Å². The summed E-state index contributed by atoms with van der Waals surface area (Å²) in [4.78, 5) is 25.0. The van der Waals surface area contributed by atoms with Crippen molar-refractivity contribution in [2.75, 3.05) is 0 Å². The number of carboxylic acids is 1. The minimum absolute atomic E-state index is 0.132. The first kappa shape index (κ1) is 25.3. The van der Waals surface area contributed by atoms with Gasteiger partial charge in [0.2, 0.25) is 0 Å². The first-order valence-electron chi connectivity index (χ1n) is 9.16. The van der Waals surface area contributed by atoms with Crippen LogP contribution in [0.4, 0.5) is 26.3 Å². The van der Waals surface area contributed by atoms with Crippen LogP contribution in [0.15, 0.2) is 60.3 Å². The molecule has 0 fully saturated rings. The third kappa shape index (κ3) is 5.97. The quantitative estimate of drug-likeness (QED) is 0.283. The van der Waals surface area contributed by atoms with Crippen LogP contribution in [0.3, 0.4) is 0 Å². The molecule has 0 atom stereocenters. The summed E-state index contributed by atoms with van der Waals surface area (Å²) >= 11 is 7.24. The molecular weight excluding hydrogens is 508 g/mol. The van der Waals surface area contributed by atoms with Crippen molar-refractivity contribution in [3.05, 3.63) is 86.9 Å². The van der Waals surface area contributed by atoms with E-state index in [9.17, 15) is 41.0 Å². The average Bonchev–Trinajstić information content (AvgIpc) is 3.20. The highest BCUT2D eigenvalue weighted by Gasteiger charge is 2.37. The maximum atomic E-state index is 13.0. The van der Waals surface area contributed by atoms with Crippen LogP contribution in [0.5, 0.6) is 0 Å². The van der Waals surface area contributed by atoms with Gasteiger partial charge in [0.05, 0.1) is 11.1 Å². The normalized spacial score (nSPS) is 12.5. The zero-order chi connectivity index (χ0) is 25.3. The minimum Gasteiger partial charge on any atom is -0.477 e. The number of carboxylic acid groups (broad SMARTS) is 1. The fraction of sp³-hybridized carbons (Fsp3) is 0.0909. The maximum absolute atomic E-state index is 13.0. The van der Waals surface area contributed by atoms with Gasteiger partial charge in [0, 0.05) is 25.9 Å². The number of benzene rings is 2. The van der Waals surface area contributed by atoms with E-state index in [2.05, 4.69) is 0 Å². The topological polar surface area (TPSA) is 66.4 Å². The Morgan fingerprint density at radius 1 is 0.912 bits per heavy atom. The molecule has 12 heteroatoms. The molecule has 3 rings (SSSR count). The van der Waals surface area contributed by atoms with Crippen molar-refractivity contribution >= 4 is 40.9 Å². The number of hydrogen-bond donors (Lipinski definition) is 2. The monoisotopic (exact) mass is 519 g/mol. The lowest BCUT2D eigenvalue weighted by atomic mass is 10.0. The van der Waals surface area contributed by atoms with Crippen LogP contribution in [0.25, 0.3) is 16.5 Å². The standard InChI is InChI=1S/C22H12ClF6NO3S/c23-16-4-2-1-3-15(16)18-6-5-14(34-18)10-17(20(32)33)30-19(31)11-7-12(21(24,25)26)9-13(8-11)22(27,28)29/h1-10H,(H,30,31)(H,32,33)/b17-10-. The lowest BCUT2D eigenvalue weighted by Gasteiger charge is -2.14. The van der Waals surface area contributed by atoms with Gasteiger partial charge < -0.3 is 10.4 Å². The number of thiophene rings is 1. The molecule has 0 aliphatic carbocycles. The van der Waals surface area contributed by atoms with Crippen LogP contribution < -0.4 is 5.32 Å². The Bertz CT molecular complexity index is 1250. The van der Waals surface area contributed by atoms with E-state index in [0.717, 1.165) is 17.4 Å². The van der Waals surface area contributed by atoms with E-state index < -0.39 is 46.6 Å². The molecule has 0 saturated heterocycles. The van der Waals surface area contributed by atoms with E-state index in [1.165, 1.54) is 6.07 Å². The van der Waals surface area contributed by atoms with E-state index in [4.69, 9.17) is 11.6 Å². The molecule has 0 spiro atoms. The largest absolute Gasteiger partial charge is 0.477 e. The van der Waals surface area contributed by atoms with Gasteiger partial charge in [-0.15, -0.1) is 11.3 Å².